The van der Waals surface area contributed by atoms with Crippen LogP contribution in [0.1, 0.15) is 71.4 Å². The number of aromatic nitrogens is 2. The van der Waals surface area contributed by atoms with E-state index in [1.54, 1.807) is 38.1 Å². The van der Waals surface area contributed by atoms with E-state index < -0.39 is 39.4 Å². The Hall–Kier alpha value is -4.34. The Labute approximate surface area is 374 Å². The summed E-state index contributed by atoms with van der Waals surface area (Å²) < 4.78 is 48.6. The quantitative estimate of drug-likeness (QED) is 0.0942. The Balaban J connectivity index is 1.17. The number of benzene rings is 3. The number of carbonyl (C=O) groups is 2. The number of halogens is 1. The van der Waals surface area contributed by atoms with Crippen molar-refractivity contribution in [1.82, 2.24) is 14.5 Å². The van der Waals surface area contributed by atoms with Crippen molar-refractivity contribution in [3.63, 3.8) is 0 Å². The van der Waals surface area contributed by atoms with Gasteiger partial charge in [0.2, 0.25) is 5.88 Å². The number of methoxy groups -OCH3 is 2. The summed E-state index contributed by atoms with van der Waals surface area (Å²) in [6.07, 6.45) is 9.56. The number of ether oxygens (including phenoxy) is 4. The summed E-state index contributed by atoms with van der Waals surface area (Å²) >= 11 is 8.27. The van der Waals surface area contributed by atoms with Crippen molar-refractivity contribution in [2.24, 2.45) is 29.2 Å². The lowest BCUT2D eigenvalue weighted by Gasteiger charge is -2.41. The van der Waals surface area contributed by atoms with E-state index in [0.29, 0.717) is 32.1 Å². The highest BCUT2D eigenvalue weighted by molar-refractivity contribution is 7.99. The molecule has 4 aromatic rings. The molecular weight excluding hydrogens is 846 g/mol. The van der Waals surface area contributed by atoms with E-state index in [9.17, 15) is 9.59 Å². The van der Waals surface area contributed by atoms with Crippen LogP contribution in [0.15, 0.2) is 94.3 Å². The van der Waals surface area contributed by atoms with Crippen molar-refractivity contribution < 1.29 is 32.7 Å². The maximum Gasteiger partial charge on any atom is 0.286 e. The zero-order valence-corrected chi connectivity index (χ0v) is 38.4. The van der Waals surface area contributed by atoms with E-state index in [2.05, 4.69) is 56.3 Å². The lowest BCUT2D eigenvalue weighted by molar-refractivity contribution is 0.0536. The second-order valence-corrected chi connectivity index (χ2v) is 20.9. The number of thioether (sulfide) groups is 1. The predicted molar refractivity (Wildman–Crippen MR) is 244 cm³/mol. The van der Waals surface area contributed by atoms with E-state index in [1.165, 1.54) is 34.0 Å². The number of hydrogen-bond acceptors (Lipinski definition) is 10. The maximum atomic E-state index is 15.2. The molecule has 1 saturated carbocycles. The van der Waals surface area contributed by atoms with Crippen molar-refractivity contribution in [1.29, 1.82) is 0 Å². The number of nitrogens with zero attached hydrogens (tertiary/aromatic N) is 4. The lowest BCUT2D eigenvalue weighted by Crippen LogP contribution is -2.47. The minimum absolute atomic E-state index is 0.0588. The molecular formula is C47H56ClN5O7S2. The fourth-order valence-electron chi connectivity index (χ4n) is 9.55. The van der Waals surface area contributed by atoms with Gasteiger partial charge in [-0.25, -0.2) is 4.21 Å². The van der Waals surface area contributed by atoms with Gasteiger partial charge in [0.1, 0.15) is 21.2 Å². The zero-order chi connectivity index (χ0) is 43.6. The number of nitrogens with one attached hydrogen (secondary N) is 1. The van der Waals surface area contributed by atoms with E-state index >= 15 is 4.21 Å². The minimum Gasteiger partial charge on any atom is -0.490 e. The van der Waals surface area contributed by atoms with Crippen molar-refractivity contribution in [3.05, 3.63) is 112 Å². The molecule has 12 nitrogen and oxygen atoms in total. The molecule has 1 fully saturated rings. The molecule has 4 aliphatic rings. The fraction of sp³-hybridized carbons (Fsp3) is 0.468. The molecule has 15 heteroatoms. The second-order valence-electron chi connectivity index (χ2n) is 17.3. The van der Waals surface area contributed by atoms with Crippen LogP contribution in [-0.4, -0.2) is 89.5 Å². The average Bonchev–Trinajstić information content (AvgIpc) is 3.90. The smallest absolute Gasteiger partial charge is 0.286 e. The van der Waals surface area contributed by atoms with Crippen LogP contribution in [-0.2, 0) is 38.3 Å². The van der Waals surface area contributed by atoms with Gasteiger partial charge in [0.15, 0.2) is 0 Å². The molecule has 8 rings (SSSR count). The highest BCUT2D eigenvalue weighted by atomic mass is 35.5. The molecule has 2 amide bonds. The van der Waals surface area contributed by atoms with Crippen LogP contribution in [0.4, 0.5) is 5.69 Å². The topological polar surface area (TPSA) is 134 Å². The van der Waals surface area contributed by atoms with Gasteiger partial charge in [-0.05, 0) is 97.5 Å². The van der Waals surface area contributed by atoms with E-state index in [0.717, 1.165) is 48.6 Å². The summed E-state index contributed by atoms with van der Waals surface area (Å²) in [5.41, 5.74) is 2.71. The third-order valence-electron chi connectivity index (χ3n) is 12.8. The van der Waals surface area contributed by atoms with Crippen LogP contribution in [0.3, 0.4) is 0 Å². The Kier molecular flexibility index (Phi) is 13.1. The Morgan fingerprint density at radius 2 is 1.92 bits per heavy atom. The third-order valence-corrected chi connectivity index (χ3v) is 16.1. The number of amides is 2. The summed E-state index contributed by atoms with van der Waals surface area (Å²) in [6.45, 7) is 6.42. The monoisotopic (exact) mass is 901 g/mol. The lowest BCUT2D eigenvalue weighted by atomic mass is 9.70. The largest absolute Gasteiger partial charge is 0.490 e. The first-order valence-electron chi connectivity index (χ1n) is 21.4. The normalized spacial score (nSPS) is 28.7. The summed E-state index contributed by atoms with van der Waals surface area (Å²) in [5.74, 6) is -0.102. The van der Waals surface area contributed by atoms with Crippen LogP contribution in [0, 0.1) is 17.8 Å². The molecule has 1 unspecified atom stereocenters. The van der Waals surface area contributed by atoms with Crippen molar-refractivity contribution >= 4 is 50.8 Å². The van der Waals surface area contributed by atoms with E-state index in [1.807, 2.05) is 43.3 Å². The van der Waals surface area contributed by atoms with Gasteiger partial charge in [-0.1, -0.05) is 61.9 Å². The highest BCUT2D eigenvalue weighted by Gasteiger charge is 2.56. The predicted octanol–water partition coefficient (Wildman–Crippen LogP) is 8.32. The standard InChI is InChI=1S/C47H56ClN5O7S2/c1-31-26-53-29-46(19-9-11-33-23-35(48)15-16-38(33)46)30-60-42-17-14-34(24-40(42)53)43(54)50-62(56,51-44(55)37-27-52(3)49-45(37)57-4)28-32(2)41(18-20-47(58-5)25-39(31)47)59-21-10-22-61-36-12-7-6-8-13-36/h6-8,12-18,20,23-24,27,31-32,39,41H,9-11,19,21-22,25-26,28-30H2,1-5H3,(H,50,51,54,55,56)/b20-18+/t31-,32+,39+,41-,46-,47-,62?/m0/s1. The highest BCUT2D eigenvalue weighted by Crippen LogP contribution is 2.53. The van der Waals surface area contributed by atoms with Crippen molar-refractivity contribution in [2.45, 2.75) is 68.0 Å². The minimum atomic E-state index is -3.79. The fourth-order valence-corrected chi connectivity index (χ4v) is 12.5. The van der Waals surface area contributed by atoms with Crippen molar-refractivity contribution in [2.75, 3.05) is 56.9 Å². The van der Waals surface area contributed by atoms with Gasteiger partial charge in [-0.2, -0.15) is 0 Å². The van der Waals surface area contributed by atoms with Gasteiger partial charge >= 0.3 is 0 Å². The van der Waals surface area contributed by atoms with Crippen molar-refractivity contribution in [3.8, 4) is 11.6 Å². The number of rotatable bonds is 10. The van der Waals surface area contributed by atoms with Crippen LogP contribution >= 0.6 is 23.4 Å². The first-order chi connectivity index (χ1) is 29.8. The van der Waals surface area contributed by atoms with E-state index in [4.69, 9.17) is 30.5 Å². The maximum absolute atomic E-state index is 15.2. The molecule has 3 heterocycles. The zero-order valence-electron chi connectivity index (χ0n) is 36.0. The summed E-state index contributed by atoms with van der Waals surface area (Å²) in [6, 6.07) is 21.7. The molecule has 330 valence electrons. The molecule has 1 N–H and O–H groups in total. The number of carbonyl (C=O) groups excluding carboxylic acids is 2. The van der Waals surface area contributed by atoms with Crippen LogP contribution < -0.4 is 19.1 Å². The van der Waals surface area contributed by atoms with E-state index in [-0.39, 0.29) is 40.0 Å². The summed E-state index contributed by atoms with van der Waals surface area (Å²) in [7, 11) is 1.03. The molecule has 3 aromatic carbocycles. The third kappa shape index (κ3) is 9.45. The second kappa shape index (κ2) is 18.4. The summed E-state index contributed by atoms with van der Waals surface area (Å²) in [5, 5.41) is 4.93. The van der Waals surface area contributed by atoms with Gasteiger partial charge in [0.05, 0.1) is 36.9 Å². The Morgan fingerprint density at radius 1 is 1.10 bits per heavy atom. The SMILES string of the molecule is COc1nn(C)cc1C(=O)NS1(=O)=NC(=O)c2ccc3c(c2)N(C[C@H](C)[C@H]2C[C@@]2(OC)/C=C/[C@H](OCCCSc2ccccc2)[C@H](C)C1)C[C@@]1(CCCc2cc(Cl)ccc21)CO3. The first kappa shape index (κ1) is 44.3. The van der Waals surface area contributed by atoms with Gasteiger partial charge in [-0.3, -0.25) is 19.0 Å². The molecule has 0 saturated heterocycles. The number of anilines is 1. The molecule has 0 radical (unpaired) electrons. The average molecular weight is 903 g/mol. The molecule has 1 spiro atoms. The van der Waals surface area contributed by atoms with Gasteiger partial charge < -0.3 is 23.8 Å². The molecule has 62 heavy (non-hydrogen) atoms. The molecule has 7 atom stereocenters. The van der Waals surface area contributed by atoms with Crippen LogP contribution in [0.25, 0.3) is 0 Å². The number of fused-ring (bicyclic) bond motifs is 4. The molecule has 2 aliphatic heterocycles. The molecule has 2 aliphatic carbocycles. The van der Waals surface area contributed by atoms with Crippen LogP contribution in [0.5, 0.6) is 11.6 Å². The first-order valence-corrected chi connectivity index (χ1v) is 24.4. The van der Waals surface area contributed by atoms with Crippen LogP contribution in [0.2, 0.25) is 5.02 Å². The Morgan fingerprint density at radius 3 is 2.71 bits per heavy atom. The number of hydrogen-bond donors (Lipinski definition) is 1. The van der Waals surface area contributed by atoms with Gasteiger partial charge in [-0.15, -0.1) is 21.2 Å². The summed E-state index contributed by atoms with van der Waals surface area (Å²) in [4.78, 5) is 31.9. The number of aryl methyl sites for hydroxylation is 2. The Bertz CT molecular complexity index is 2460. The van der Waals surface area contributed by atoms with Gasteiger partial charge in [0.25, 0.3) is 11.8 Å². The molecule has 1 aromatic heterocycles. The van der Waals surface area contributed by atoms with Gasteiger partial charge in [0, 0.05) is 72.6 Å². The molecule has 2 bridgehead atoms.